The van der Waals surface area contributed by atoms with Gasteiger partial charge in [-0.2, -0.15) is 0 Å². The van der Waals surface area contributed by atoms with Crippen LogP contribution in [-0.4, -0.2) is 24.6 Å². The van der Waals surface area contributed by atoms with Crippen molar-refractivity contribution in [3.05, 3.63) is 59.4 Å². The number of nitrogens with one attached hydrogen (secondary N) is 2. The van der Waals surface area contributed by atoms with Gasteiger partial charge in [0.15, 0.2) is 5.72 Å². The van der Waals surface area contributed by atoms with Gasteiger partial charge in [0, 0.05) is 36.4 Å². The summed E-state index contributed by atoms with van der Waals surface area (Å²) in [5.74, 6) is 0.589. The van der Waals surface area contributed by atoms with Gasteiger partial charge in [-0.25, -0.2) is 4.39 Å². The summed E-state index contributed by atoms with van der Waals surface area (Å²) in [5, 5.41) is 6.00. The Morgan fingerprint density at radius 2 is 2.13 bits per heavy atom. The molecular formula is C24H25FN2O4. The van der Waals surface area contributed by atoms with Gasteiger partial charge < -0.3 is 20.1 Å². The topological polar surface area (TPSA) is 76.7 Å². The lowest BCUT2D eigenvalue weighted by atomic mass is 9.60. The van der Waals surface area contributed by atoms with Crippen molar-refractivity contribution in [2.24, 2.45) is 17.8 Å². The van der Waals surface area contributed by atoms with Crippen molar-refractivity contribution in [3.8, 4) is 11.5 Å². The number of carbonyl (C=O) groups is 2. The van der Waals surface area contributed by atoms with Gasteiger partial charge in [-0.15, -0.1) is 0 Å². The molecule has 31 heavy (non-hydrogen) atoms. The van der Waals surface area contributed by atoms with E-state index in [1.165, 1.54) is 6.07 Å². The molecule has 4 atom stereocenters. The monoisotopic (exact) mass is 424 g/mol. The predicted molar refractivity (Wildman–Crippen MR) is 111 cm³/mol. The summed E-state index contributed by atoms with van der Waals surface area (Å²) in [5.41, 5.74) is 0.176. The molecule has 3 fully saturated rings. The van der Waals surface area contributed by atoms with Gasteiger partial charge in [-0.1, -0.05) is 18.2 Å². The molecule has 0 radical (unpaired) electrons. The number of rotatable bonds is 4. The van der Waals surface area contributed by atoms with Crippen molar-refractivity contribution in [1.29, 1.82) is 0 Å². The fraction of sp³-hybridized carbons (Fsp3) is 0.417. The molecule has 3 saturated carbocycles. The van der Waals surface area contributed by atoms with Gasteiger partial charge in [0.1, 0.15) is 17.3 Å². The average molecular weight is 424 g/mol. The number of ether oxygens (including phenoxy) is 2. The highest BCUT2D eigenvalue weighted by molar-refractivity contribution is 5.98. The van der Waals surface area contributed by atoms with Crippen LogP contribution in [0, 0.1) is 23.6 Å². The first-order valence-electron chi connectivity index (χ1n) is 10.7. The lowest BCUT2D eigenvalue weighted by Crippen LogP contribution is -2.66. The van der Waals surface area contributed by atoms with E-state index in [-0.39, 0.29) is 41.9 Å². The number of fused-ring (bicyclic) bond motifs is 3. The molecule has 162 valence electrons. The molecular weight excluding hydrogens is 399 g/mol. The van der Waals surface area contributed by atoms with Crippen LogP contribution >= 0.6 is 0 Å². The molecule has 2 aromatic rings. The van der Waals surface area contributed by atoms with Crippen LogP contribution in [0.15, 0.2) is 42.5 Å². The van der Waals surface area contributed by atoms with Gasteiger partial charge in [-0.05, 0) is 43.4 Å². The van der Waals surface area contributed by atoms with Gasteiger partial charge in [-0.3, -0.25) is 9.59 Å². The predicted octanol–water partition coefficient (Wildman–Crippen LogP) is 3.41. The van der Waals surface area contributed by atoms with E-state index in [1.807, 2.05) is 0 Å². The van der Waals surface area contributed by atoms with Crippen LogP contribution in [0.2, 0.25) is 0 Å². The van der Waals surface area contributed by atoms with E-state index in [9.17, 15) is 14.0 Å². The van der Waals surface area contributed by atoms with Crippen LogP contribution in [0.5, 0.6) is 11.5 Å². The van der Waals surface area contributed by atoms with Crippen molar-refractivity contribution in [1.82, 2.24) is 10.6 Å². The fourth-order valence-corrected chi connectivity index (χ4v) is 5.39. The molecule has 1 aliphatic heterocycles. The summed E-state index contributed by atoms with van der Waals surface area (Å²) < 4.78 is 25.5. The molecule has 2 amide bonds. The zero-order valence-corrected chi connectivity index (χ0v) is 17.3. The first-order valence-corrected chi connectivity index (χ1v) is 10.7. The van der Waals surface area contributed by atoms with E-state index < -0.39 is 5.72 Å². The summed E-state index contributed by atoms with van der Waals surface area (Å²) in [6.07, 6.45) is 3.01. The lowest BCUT2D eigenvalue weighted by molar-refractivity contribution is -0.146. The highest BCUT2D eigenvalue weighted by atomic mass is 19.1. The van der Waals surface area contributed by atoms with Crippen molar-refractivity contribution in [2.75, 3.05) is 7.11 Å². The molecule has 4 aliphatic rings. The summed E-state index contributed by atoms with van der Waals surface area (Å²) in [6.45, 7) is 0.172. The molecule has 6 rings (SSSR count). The Bertz CT molecular complexity index is 1040. The highest BCUT2D eigenvalue weighted by Crippen LogP contribution is 2.52. The number of halogens is 1. The third-order valence-electron chi connectivity index (χ3n) is 7.02. The maximum absolute atomic E-state index is 13.9. The van der Waals surface area contributed by atoms with E-state index in [0.29, 0.717) is 35.5 Å². The second-order valence-corrected chi connectivity index (χ2v) is 8.70. The Hall–Kier alpha value is -3.09. The normalized spacial score (nSPS) is 28.5. The Labute approximate surface area is 180 Å². The highest BCUT2D eigenvalue weighted by Gasteiger charge is 2.57. The van der Waals surface area contributed by atoms with Gasteiger partial charge >= 0.3 is 0 Å². The van der Waals surface area contributed by atoms with Crippen molar-refractivity contribution in [2.45, 2.75) is 38.0 Å². The molecule has 1 spiro atoms. The summed E-state index contributed by atoms with van der Waals surface area (Å²) in [7, 11) is 1.58. The van der Waals surface area contributed by atoms with Crippen LogP contribution in [0.1, 0.15) is 41.6 Å². The summed E-state index contributed by atoms with van der Waals surface area (Å²) in [4.78, 5) is 25.7. The average Bonchev–Trinajstić information content (AvgIpc) is 2.78. The number of hydrogen-bond donors (Lipinski definition) is 2. The van der Waals surface area contributed by atoms with Crippen LogP contribution < -0.4 is 20.1 Å². The fourth-order valence-electron chi connectivity index (χ4n) is 5.39. The second kappa shape index (κ2) is 7.55. The van der Waals surface area contributed by atoms with E-state index in [4.69, 9.17) is 9.47 Å². The lowest BCUT2D eigenvalue weighted by Gasteiger charge is -2.55. The molecule has 6 nitrogen and oxygen atoms in total. The van der Waals surface area contributed by atoms with Gasteiger partial charge in [0.2, 0.25) is 5.91 Å². The molecule has 3 aliphatic carbocycles. The van der Waals surface area contributed by atoms with E-state index in [2.05, 4.69) is 10.6 Å². The molecule has 1 heterocycles. The first kappa shape index (κ1) is 19.8. The summed E-state index contributed by atoms with van der Waals surface area (Å²) >= 11 is 0. The molecule has 2 N–H and O–H groups in total. The Morgan fingerprint density at radius 1 is 1.29 bits per heavy atom. The molecule has 2 bridgehead atoms. The van der Waals surface area contributed by atoms with Crippen LogP contribution in [0.3, 0.4) is 0 Å². The third-order valence-corrected chi connectivity index (χ3v) is 7.02. The van der Waals surface area contributed by atoms with Crippen molar-refractivity contribution >= 4 is 11.8 Å². The number of benzene rings is 2. The largest absolute Gasteiger partial charge is 0.497 e. The standard InChI is InChI=1S/C24H25FN2O4/c1-30-17-8-9-18-21(11-17)31-24(27-23(18)29)12-14-6-7-16(24)10-19(14)22(28)26-13-15-4-2-3-5-20(15)25/h2-5,8-9,11,14,16,19H,6-7,10,12-13H2,1H3,(H,26,28)(H,27,29)/t14-,16+,19-,24-/m1/s1. The number of carbonyl (C=O) groups excluding carboxylic acids is 2. The first-order chi connectivity index (χ1) is 15.0. The minimum absolute atomic E-state index is 0.0324. The quantitative estimate of drug-likeness (QED) is 0.789. The molecule has 2 aromatic carbocycles. The smallest absolute Gasteiger partial charge is 0.258 e. The Morgan fingerprint density at radius 3 is 2.87 bits per heavy atom. The number of amides is 2. The maximum atomic E-state index is 13.9. The third kappa shape index (κ3) is 3.42. The molecule has 7 heteroatoms. The molecule has 0 aromatic heterocycles. The second-order valence-electron chi connectivity index (χ2n) is 8.70. The van der Waals surface area contributed by atoms with Crippen LogP contribution in [0.25, 0.3) is 0 Å². The maximum Gasteiger partial charge on any atom is 0.258 e. The number of hydrogen-bond acceptors (Lipinski definition) is 4. The van der Waals surface area contributed by atoms with Crippen LogP contribution in [0.4, 0.5) is 4.39 Å². The van der Waals surface area contributed by atoms with Gasteiger partial charge in [0.25, 0.3) is 5.91 Å². The van der Waals surface area contributed by atoms with E-state index in [1.54, 1.807) is 43.5 Å². The Kier molecular flexibility index (Phi) is 4.84. The van der Waals surface area contributed by atoms with Gasteiger partial charge in [0.05, 0.1) is 12.7 Å². The number of methoxy groups -OCH3 is 1. The minimum Gasteiger partial charge on any atom is -0.497 e. The van der Waals surface area contributed by atoms with E-state index in [0.717, 1.165) is 12.8 Å². The zero-order valence-electron chi connectivity index (χ0n) is 17.3. The Balaban J connectivity index is 1.31. The van der Waals surface area contributed by atoms with E-state index >= 15 is 0 Å². The summed E-state index contributed by atoms with van der Waals surface area (Å²) in [6, 6.07) is 11.6. The SMILES string of the molecule is COc1ccc2c(c1)O[C@@]1(C[C@H]3CC[C@H]1C[C@H]3C(=O)NCc1ccccc1F)NC2=O. The van der Waals surface area contributed by atoms with Crippen molar-refractivity contribution < 1.29 is 23.5 Å². The minimum atomic E-state index is -0.790. The van der Waals surface area contributed by atoms with Crippen molar-refractivity contribution in [3.63, 3.8) is 0 Å². The zero-order chi connectivity index (χ0) is 21.6. The molecule has 0 unspecified atom stereocenters. The van der Waals surface area contributed by atoms with Crippen LogP contribution in [-0.2, 0) is 11.3 Å². The molecule has 0 saturated heterocycles.